The highest BCUT2D eigenvalue weighted by molar-refractivity contribution is 7.22. The largest absolute Gasteiger partial charge is 0.505 e. The lowest BCUT2D eigenvalue weighted by atomic mass is 9.96. The lowest BCUT2D eigenvalue weighted by molar-refractivity contribution is -0.132. The summed E-state index contributed by atoms with van der Waals surface area (Å²) in [6.45, 7) is 3.73. The van der Waals surface area contributed by atoms with Gasteiger partial charge in [-0.05, 0) is 61.4 Å². The summed E-state index contributed by atoms with van der Waals surface area (Å²) >= 11 is 1.31. The van der Waals surface area contributed by atoms with Crippen LogP contribution in [0.5, 0.6) is 11.5 Å². The van der Waals surface area contributed by atoms with E-state index in [4.69, 9.17) is 14.5 Å². The Hall–Kier alpha value is -4.70. The molecule has 0 bridgehead atoms. The third-order valence-electron chi connectivity index (χ3n) is 6.84. The van der Waals surface area contributed by atoms with E-state index in [-0.39, 0.29) is 11.3 Å². The van der Waals surface area contributed by atoms with Crippen LogP contribution in [-0.4, -0.2) is 45.4 Å². The molecule has 5 aromatic rings. The molecule has 0 spiro atoms. The third kappa shape index (κ3) is 3.83. The number of aryl methyl sites for hydroxylation is 2. The zero-order valence-electron chi connectivity index (χ0n) is 21.6. The summed E-state index contributed by atoms with van der Waals surface area (Å²) in [6, 6.07) is 15.4. The van der Waals surface area contributed by atoms with Crippen LogP contribution in [0.2, 0.25) is 0 Å². The van der Waals surface area contributed by atoms with Crippen molar-refractivity contribution in [1.82, 2.24) is 14.4 Å². The number of aliphatic hydroxyl groups is 1. The molecule has 1 N–H and O–H groups in total. The number of Topliss-reactive ketones (excluding diaryl/α,β-unsaturated/α-hetero) is 1. The average molecular weight is 541 g/mol. The van der Waals surface area contributed by atoms with Crippen molar-refractivity contribution in [2.75, 3.05) is 19.1 Å². The zero-order chi connectivity index (χ0) is 27.4. The number of amides is 1. The lowest BCUT2D eigenvalue weighted by Crippen LogP contribution is -2.29. The van der Waals surface area contributed by atoms with Gasteiger partial charge in [0.25, 0.3) is 5.78 Å². The number of nitrogens with zero attached hydrogens (tertiary/aromatic N) is 4. The van der Waals surface area contributed by atoms with Gasteiger partial charge in [-0.25, -0.2) is 9.97 Å². The number of rotatable bonds is 5. The fraction of sp³-hybridized carbons (Fsp3) is 0.172. The van der Waals surface area contributed by atoms with Gasteiger partial charge < -0.3 is 14.6 Å². The molecule has 1 aliphatic rings. The Morgan fingerprint density at radius 3 is 2.54 bits per heavy atom. The first kappa shape index (κ1) is 24.6. The highest BCUT2D eigenvalue weighted by atomic mass is 32.1. The van der Waals surface area contributed by atoms with E-state index in [1.54, 1.807) is 47.9 Å². The Labute approximate surface area is 227 Å². The van der Waals surface area contributed by atoms with Crippen molar-refractivity contribution in [2.45, 2.75) is 19.9 Å². The molecule has 39 heavy (non-hydrogen) atoms. The summed E-state index contributed by atoms with van der Waals surface area (Å²) in [7, 11) is 3.04. The molecule has 1 fully saturated rings. The molecule has 6 rings (SSSR count). The monoisotopic (exact) mass is 540 g/mol. The van der Waals surface area contributed by atoms with Crippen molar-refractivity contribution < 1.29 is 24.2 Å². The molecular formula is C29H24N4O5S. The first-order chi connectivity index (χ1) is 18.8. The van der Waals surface area contributed by atoms with Crippen LogP contribution in [0.1, 0.15) is 28.6 Å². The van der Waals surface area contributed by atoms with Crippen LogP contribution in [0.3, 0.4) is 0 Å². The van der Waals surface area contributed by atoms with Gasteiger partial charge >= 0.3 is 5.91 Å². The molecule has 4 heterocycles. The van der Waals surface area contributed by atoms with Crippen LogP contribution in [-0.2, 0) is 9.59 Å². The predicted molar refractivity (Wildman–Crippen MR) is 149 cm³/mol. The van der Waals surface area contributed by atoms with Crippen LogP contribution in [0.15, 0.2) is 66.4 Å². The predicted octanol–water partition coefficient (Wildman–Crippen LogP) is 5.20. The molecule has 1 aliphatic heterocycles. The van der Waals surface area contributed by atoms with E-state index in [0.29, 0.717) is 44.7 Å². The molecule has 3 aromatic heterocycles. The number of hydrogen-bond donors (Lipinski definition) is 1. The minimum atomic E-state index is -0.972. The van der Waals surface area contributed by atoms with Gasteiger partial charge in [-0.1, -0.05) is 29.5 Å². The van der Waals surface area contributed by atoms with Gasteiger partial charge in [0.05, 0.1) is 41.7 Å². The van der Waals surface area contributed by atoms with Gasteiger partial charge in [-0.2, -0.15) is 0 Å². The SMILES string of the molecule is COc1ccc(C2/C(=C(\O)c3c(C)nc4ccccn34)C(=O)C(=O)N2c2nc3ccc(C)cc3s2)cc1OC. The summed E-state index contributed by atoms with van der Waals surface area (Å²) in [6.07, 6.45) is 1.75. The number of benzene rings is 2. The number of ketones is 1. The number of carbonyl (C=O) groups excluding carboxylic acids is 2. The van der Waals surface area contributed by atoms with Crippen LogP contribution >= 0.6 is 11.3 Å². The van der Waals surface area contributed by atoms with Gasteiger partial charge in [-0.15, -0.1) is 0 Å². The average Bonchev–Trinajstić information content (AvgIpc) is 3.58. The van der Waals surface area contributed by atoms with Crippen LogP contribution < -0.4 is 14.4 Å². The second-order valence-corrected chi connectivity index (χ2v) is 10.2. The van der Waals surface area contributed by atoms with Crippen LogP contribution in [0.25, 0.3) is 21.6 Å². The zero-order valence-corrected chi connectivity index (χ0v) is 22.4. The molecule has 0 aliphatic carbocycles. The van der Waals surface area contributed by atoms with E-state index in [1.165, 1.54) is 30.5 Å². The maximum atomic E-state index is 13.7. The molecule has 0 radical (unpaired) electrons. The number of thiazole rings is 1. The number of pyridine rings is 1. The number of anilines is 1. The maximum Gasteiger partial charge on any atom is 0.301 e. The summed E-state index contributed by atoms with van der Waals surface area (Å²) in [5, 5.41) is 12.1. The Morgan fingerprint density at radius 2 is 1.77 bits per heavy atom. The first-order valence-electron chi connectivity index (χ1n) is 12.2. The molecular weight excluding hydrogens is 516 g/mol. The summed E-state index contributed by atoms with van der Waals surface area (Å²) in [5.41, 5.74) is 3.73. The number of aliphatic hydroxyl groups excluding tert-OH is 1. The second kappa shape index (κ2) is 9.25. The van der Waals surface area contributed by atoms with E-state index >= 15 is 0 Å². The lowest BCUT2D eigenvalue weighted by Gasteiger charge is -2.23. The van der Waals surface area contributed by atoms with Crippen molar-refractivity contribution in [1.29, 1.82) is 0 Å². The number of methoxy groups -OCH3 is 2. The standard InChI is InChI=1S/C29H24N4O5S/c1-15-8-10-18-21(13-15)39-29(31-18)33-25(17-9-11-19(37-3)20(14-17)38-4)23(27(35)28(33)36)26(34)24-16(2)30-22-7-5-6-12-32(22)24/h5-14,25,34H,1-4H3/b26-23+. The number of imidazole rings is 1. The molecule has 1 saturated heterocycles. The number of fused-ring (bicyclic) bond motifs is 2. The van der Waals surface area contributed by atoms with E-state index < -0.39 is 17.7 Å². The Kier molecular flexibility index (Phi) is 5.84. The smallest absolute Gasteiger partial charge is 0.301 e. The molecule has 1 atom stereocenters. The minimum absolute atomic E-state index is 0.0589. The molecule has 196 valence electrons. The third-order valence-corrected chi connectivity index (χ3v) is 7.85. The van der Waals surface area contributed by atoms with Gasteiger partial charge in [0.2, 0.25) is 0 Å². The maximum absolute atomic E-state index is 13.7. The van der Waals surface area contributed by atoms with Crippen LogP contribution in [0.4, 0.5) is 5.13 Å². The van der Waals surface area contributed by atoms with Crippen molar-refractivity contribution in [3.8, 4) is 11.5 Å². The van der Waals surface area contributed by atoms with E-state index in [1.807, 2.05) is 31.2 Å². The van der Waals surface area contributed by atoms with E-state index in [2.05, 4.69) is 4.98 Å². The number of ether oxygens (including phenoxy) is 2. The fourth-order valence-corrected chi connectivity index (χ4v) is 6.11. The molecule has 1 amide bonds. The number of aromatic nitrogens is 3. The quantitative estimate of drug-likeness (QED) is 0.185. The molecule has 1 unspecified atom stereocenters. The van der Waals surface area contributed by atoms with Crippen molar-refractivity contribution in [3.05, 3.63) is 88.9 Å². The van der Waals surface area contributed by atoms with Crippen molar-refractivity contribution in [2.24, 2.45) is 0 Å². The number of carbonyl (C=O) groups is 2. The second-order valence-electron chi connectivity index (χ2n) is 9.23. The molecule has 2 aromatic carbocycles. The van der Waals surface area contributed by atoms with E-state index in [9.17, 15) is 14.7 Å². The Morgan fingerprint density at radius 1 is 0.974 bits per heavy atom. The minimum Gasteiger partial charge on any atom is -0.505 e. The van der Waals surface area contributed by atoms with Gasteiger partial charge in [0, 0.05) is 6.20 Å². The van der Waals surface area contributed by atoms with Crippen molar-refractivity contribution >= 4 is 49.8 Å². The van der Waals surface area contributed by atoms with Crippen LogP contribution in [0, 0.1) is 13.8 Å². The van der Waals surface area contributed by atoms with Crippen molar-refractivity contribution in [3.63, 3.8) is 0 Å². The highest BCUT2D eigenvalue weighted by Gasteiger charge is 2.49. The summed E-state index contributed by atoms with van der Waals surface area (Å²) in [5.74, 6) is -0.992. The summed E-state index contributed by atoms with van der Waals surface area (Å²) < 4.78 is 13.5. The Balaban J connectivity index is 1.62. The molecule has 10 heteroatoms. The van der Waals surface area contributed by atoms with Gasteiger partial charge in [-0.3, -0.25) is 18.9 Å². The summed E-state index contributed by atoms with van der Waals surface area (Å²) in [4.78, 5) is 37.9. The topological polar surface area (TPSA) is 106 Å². The van der Waals surface area contributed by atoms with Gasteiger partial charge in [0.15, 0.2) is 22.4 Å². The number of hydrogen-bond acceptors (Lipinski definition) is 8. The first-order valence-corrected chi connectivity index (χ1v) is 13.0. The molecule has 9 nitrogen and oxygen atoms in total. The van der Waals surface area contributed by atoms with E-state index in [0.717, 1.165) is 10.3 Å². The highest BCUT2D eigenvalue weighted by Crippen LogP contribution is 2.46. The normalized spacial score (nSPS) is 16.9. The Bertz CT molecular complexity index is 1840. The molecule has 0 saturated carbocycles. The van der Waals surface area contributed by atoms with Gasteiger partial charge in [0.1, 0.15) is 11.3 Å². The fourth-order valence-electron chi connectivity index (χ4n) is 5.02.